The molecule has 0 saturated carbocycles. The standard InChI is InChI=1S/C29H25ClN4O3/c1-36-26-13-8-20(16-27(26)37-2)14-15-32-29(35)22(18-31)17-23-19-34(25-6-4-3-5-7-25)33-28(23)21-9-11-24(30)12-10-21/h3-13,16-17,19H,14-15H2,1-2H3,(H,32,35)/b22-17-. The predicted octanol–water partition coefficient (Wildman–Crippen LogP) is 5.48. The number of nitrogens with one attached hydrogen (secondary N) is 1. The highest BCUT2D eigenvalue weighted by Crippen LogP contribution is 2.28. The van der Waals surface area contributed by atoms with Gasteiger partial charge < -0.3 is 14.8 Å². The van der Waals surface area contributed by atoms with Crippen molar-refractivity contribution in [2.24, 2.45) is 0 Å². The van der Waals surface area contributed by atoms with Crippen LogP contribution in [0.4, 0.5) is 0 Å². The lowest BCUT2D eigenvalue weighted by Gasteiger charge is -2.10. The molecule has 0 spiro atoms. The molecular formula is C29H25ClN4O3. The van der Waals surface area contributed by atoms with Crippen LogP contribution < -0.4 is 14.8 Å². The summed E-state index contributed by atoms with van der Waals surface area (Å²) in [4.78, 5) is 12.9. The molecule has 0 saturated heterocycles. The molecule has 0 aliphatic carbocycles. The van der Waals surface area contributed by atoms with E-state index in [1.807, 2.05) is 66.7 Å². The molecule has 0 fully saturated rings. The topological polar surface area (TPSA) is 89.2 Å². The van der Waals surface area contributed by atoms with Crippen LogP contribution in [0, 0.1) is 11.3 Å². The maximum absolute atomic E-state index is 12.9. The number of methoxy groups -OCH3 is 2. The summed E-state index contributed by atoms with van der Waals surface area (Å²) < 4.78 is 12.3. The first kappa shape index (κ1) is 25.5. The van der Waals surface area contributed by atoms with Gasteiger partial charge in [-0.25, -0.2) is 4.68 Å². The highest BCUT2D eigenvalue weighted by Gasteiger charge is 2.15. The Morgan fingerprint density at radius 2 is 1.78 bits per heavy atom. The first-order chi connectivity index (χ1) is 18.0. The van der Waals surface area contributed by atoms with Crippen LogP contribution in [0.3, 0.4) is 0 Å². The predicted molar refractivity (Wildman–Crippen MR) is 144 cm³/mol. The third-order valence-corrected chi connectivity index (χ3v) is 5.95. The Bertz CT molecular complexity index is 1460. The number of para-hydroxylation sites is 1. The van der Waals surface area contributed by atoms with Crippen molar-refractivity contribution >= 4 is 23.6 Å². The highest BCUT2D eigenvalue weighted by atomic mass is 35.5. The maximum atomic E-state index is 12.9. The van der Waals surface area contributed by atoms with E-state index in [2.05, 4.69) is 5.32 Å². The van der Waals surface area contributed by atoms with Crippen molar-refractivity contribution in [2.75, 3.05) is 20.8 Å². The van der Waals surface area contributed by atoms with E-state index >= 15 is 0 Å². The van der Waals surface area contributed by atoms with Gasteiger partial charge in [0.2, 0.25) is 0 Å². The van der Waals surface area contributed by atoms with E-state index < -0.39 is 5.91 Å². The van der Waals surface area contributed by atoms with Crippen LogP contribution in [-0.2, 0) is 11.2 Å². The number of nitrogens with zero attached hydrogens (tertiary/aromatic N) is 3. The molecule has 0 aliphatic rings. The number of nitriles is 1. The lowest BCUT2D eigenvalue weighted by atomic mass is 10.1. The monoisotopic (exact) mass is 512 g/mol. The molecule has 4 aromatic rings. The second-order valence-electron chi connectivity index (χ2n) is 8.09. The van der Waals surface area contributed by atoms with Gasteiger partial charge in [-0.15, -0.1) is 0 Å². The molecule has 7 nitrogen and oxygen atoms in total. The van der Waals surface area contributed by atoms with Gasteiger partial charge >= 0.3 is 0 Å². The summed E-state index contributed by atoms with van der Waals surface area (Å²) in [6.45, 7) is 0.348. The summed E-state index contributed by atoms with van der Waals surface area (Å²) in [6, 6.07) is 24.5. The van der Waals surface area contributed by atoms with Gasteiger partial charge in [-0.1, -0.05) is 48.0 Å². The van der Waals surface area contributed by atoms with Crippen LogP contribution in [0.1, 0.15) is 11.1 Å². The van der Waals surface area contributed by atoms with Crippen molar-refractivity contribution in [3.05, 3.63) is 101 Å². The van der Waals surface area contributed by atoms with Crippen molar-refractivity contribution < 1.29 is 14.3 Å². The summed E-state index contributed by atoms with van der Waals surface area (Å²) >= 11 is 6.07. The van der Waals surface area contributed by atoms with Crippen LogP contribution in [0.25, 0.3) is 23.0 Å². The van der Waals surface area contributed by atoms with Crippen molar-refractivity contribution in [3.8, 4) is 34.5 Å². The molecule has 0 radical (unpaired) electrons. The summed E-state index contributed by atoms with van der Waals surface area (Å²) in [5, 5.41) is 17.9. The summed E-state index contributed by atoms with van der Waals surface area (Å²) in [5.41, 5.74) is 3.89. The summed E-state index contributed by atoms with van der Waals surface area (Å²) in [5.74, 6) is 0.795. The average molecular weight is 513 g/mol. The SMILES string of the molecule is COc1ccc(CCNC(=O)/C(C#N)=C\c2cn(-c3ccccc3)nc2-c2ccc(Cl)cc2)cc1OC. The number of aromatic nitrogens is 2. The average Bonchev–Trinajstić information content (AvgIpc) is 3.36. The second kappa shape index (κ2) is 11.9. The van der Waals surface area contributed by atoms with E-state index in [4.69, 9.17) is 26.2 Å². The Balaban J connectivity index is 1.56. The lowest BCUT2D eigenvalue weighted by molar-refractivity contribution is -0.117. The van der Waals surface area contributed by atoms with Gasteiger partial charge in [0.05, 0.1) is 25.6 Å². The minimum atomic E-state index is -0.461. The molecule has 1 aromatic heterocycles. The molecular weight excluding hydrogens is 488 g/mol. The van der Waals surface area contributed by atoms with Crippen LogP contribution in [0.2, 0.25) is 5.02 Å². The van der Waals surface area contributed by atoms with Crippen molar-refractivity contribution in [3.63, 3.8) is 0 Å². The number of ether oxygens (including phenoxy) is 2. The summed E-state index contributed by atoms with van der Waals surface area (Å²) in [6.07, 6.45) is 3.92. The molecule has 1 heterocycles. The number of rotatable bonds is 9. The van der Waals surface area contributed by atoms with Gasteiger partial charge in [0.25, 0.3) is 5.91 Å². The number of amides is 1. The molecule has 0 bridgehead atoms. The first-order valence-electron chi connectivity index (χ1n) is 11.5. The number of hydrogen-bond donors (Lipinski definition) is 1. The Hall–Kier alpha value is -4.54. The van der Waals surface area contributed by atoms with Crippen LogP contribution >= 0.6 is 11.6 Å². The fraction of sp³-hybridized carbons (Fsp3) is 0.138. The van der Waals surface area contributed by atoms with Crippen LogP contribution in [0.5, 0.6) is 11.5 Å². The fourth-order valence-electron chi connectivity index (χ4n) is 3.79. The molecule has 0 unspecified atom stereocenters. The molecule has 37 heavy (non-hydrogen) atoms. The molecule has 186 valence electrons. The van der Waals surface area contributed by atoms with Crippen molar-refractivity contribution in [1.82, 2.24) is 15.1 Å². The summed E-state index contributed by atoms with van der Waals surface area (Å²) in [7, 11) is 3.15. The molecule has 0 aliphatic heterocycles. The van der Waals surface area contributed by atoms with E-state index in [-0.39, 0.29) is 5.57 Å². The van der Waals surface area contributed by atoms with Crippen LogP contribution in [0.15, 0.2) is 84.6 Å². The number of hydrogen-bond acceptors (Lipinski definition) is 5. The Kier molecular flexibility index (Phi) is 8.24. The maximum Gasteiger partial charge on any atom is 0.261 e. The van der Waals surface area contributed by atoms with E-state index in [9.17, 15) is 10.1 Å². The van der Waals surface area contributed by atoms with E-state index in [1.165, 1.54) is 0 Å². The number of carbonyl (C=O) groups is 1. The van der Waals surface area contributed by atoms with Gasteiger partial charge in [-0.2, -0.15) is 10.4 Å². The van der Waals surface area contributed by atoms with E-state index in [1.54, 1.807) is 43.3 Å². The quantitative estimate of drug-likeness (QED) is 0.237. The Morgan fingerprint density at radius 3 is 2.46 bits per heavy atom. The fourth-order valence-corrected chi connectivity index (χ4v) is 3.92. The molecule has 3 aromatic carbocycles. The lowest BCUT2D eigenvalue weighted by Crippen LogP contribution is -2.26. The Labute approximate surface area is 220 Å². The zero-order valence-electron chi connectivity index (χ0n) is 20.4. The third kappa shape index (κ3) is 6.18. The van der Waals surface area contributed by atoms with E-state index in [0.717, 1.165) is 16.8 Å². The van der Waals surface area contributed by atoms with Gasteiger partial charge in [0.15, 0.2) is 11.5 Å². The zero-order chi connectivity index (χ0) is 26.2. The smallest absolute Gasteiger partial charge is 0.261 e. The number of carbonyl (C=O) groups excluding carboxylic acids is 1. The molecule has 0 atom stereocenters. The molecule has 8 heteroatoms. The third-order valence-electron chi connectivity index (χ3n) is 5.69. The van der Waals surface area contributed by atoms with Crippen LogP contribution in [-0.4, -0.2) is 36.5 Å². The first-order valence-corrected chi connectivity index (χ1v) is 11.9. The number of halogens is 1. The van der Waals surface area contributed by atoms with Gasteiger partial charge in [-0.05, 0) is 54.5 Å². The zero-order valence-corrected chi connectivity index (χ0v) is 21.2. The van der Waals surface area contributed by atoms with Crippen molar-refractivity contribution in [2.45, 2.75) is 6.42 Å². The van der Waals surface area contributed by atoms with Crippen molar-refractivity contribution in [1.29, 1.82) is 5.26 Å². The normalized spacial score (nSPS) is 11.0. The highest BCUT2D eigenvalue weighted by molar-refractivity contribution is 6.30. The number of benzene rings is 3. The van der Waals surface area contributed by atoms with Gasteiger partial charge in [0, 0.05) is 28.9 Å². The van der Waals surface area contributed by atoms with E-state index in [0.29, 0.717) is 40.7 Å². The molecule has 1 N–H and O–H groups in total. The molecule has 4 rings (SSSR count). The largest absolute Gasteiger partial charge is 0.493 e. The van der Waals surface area contributed by atoms with Gasteiger partial charge in [0.1, 0.15) is 11.6 Å². The minimum Gasteiger partial charge on any atom is -0.493 e. The minimum absolute atomic E-state index is 0.0184. The second-order valence-corrected chi connectivity index (χ2v) is 8.52. The Morgan fingerprint density at radius 1 is 1.05 bits per heavy atom. The van der Waals surface area contributed by atoms with Gasteiger partial charge in [-0.3, -0.25) is 4.79 Å². The molecule has 1 amide bonds.